The van der Waals surface area contributed by atoms with Crippen molar-refractivity contribution in [3.8, 4) is 0 Å². The fourth-order valence-electron chi connectivity index (χ4n) is 1.51. The van der Waals surface area contributed by atoms with Crippen LogP contribution in [0.2, 0.25) is 5.02 Å². The van der Waals surface area contributed by atoms with Gasteiger partial charge in [-0.3, -0.25) is 0 Å². The highest BCUT2D eigenvalue weighted by molar-refractivity contribution is 6.35. The second-order valence-corrected chi connectivity index (χ2v) is 4.06. The van der Waals surface area contributed by atoms with Crippen LogP contribution in [0, 0.1) is 0 Å². The van der Waals surface area contributed by atoms with Crippen LogP contribution in [0.4, 0.5) is 5.82 Å². The summed E-state index contributed by atoms with van der Waals surface area (Å²) in [6, 6.07) is 4.42. The Hall–Kier alpha value is -1.22. The monoisotopic (exact) mass is 207 g/mol. The zero-order valence-corrected chi connectivity index (χ0v) is 8.30. The SMILES string of the molecule is Clc1cc(NC2CC2)nc2[nH]ccc12. The zero-order chi connectivity index (χ0) is 9.54. The van der Waals surface area contributed by atoms with E-state index in [0.29, 0.717) is 6.04 Å². The fourth-order valence-corrected chi connectivity index (χ4v) is 1.76. The van der Waals surface area contributed by atoms with Gasteiger partial charge >= 0.3 is 0 Å². The predicted octanol–water partition coefficient (Wildman–Crippen LogP) is 2.79. The van der Waals surface area contributed by atoms with E-state index in [9.17, 15) is 0 Å². The molecule has 0 unspecified atom stereocenters. The number of hydrogen-bond acceptors (Lipinski definition) is 2. The van der Waals surface area contributed by atoms with Crippen LogP contribution in [-0.4, -0.2) is 16.0 Å². The van der Waals surface area contributed by atoms with Gasteiger partial charge in [0.25, 0.3) is 0 Å². The van der Waals surface area contributed by atoms with Crippen LogP contribution >= 0.6 is 11.6 Å². The molecule has 0 aliphatic heterocycles. The number of anilines is 1. The lowest BCUT2D eigenvalue weighted by atomic mass is 10.3. The first kappa shape index (κ1) is 8.12. The highest BCUT2D eigenvalue weighted by Crippen LogP contribution is 2.28. The first-order valence-corrected chi connectivity index (χ1v) is 5.11. The summed E-state index contributed by atoms with van der Waals surface area (Å²) in [5.74, 6) is 0.868. The van der Waals surface area contributed by atoms with Crippen molar-refractivity contribution < 1.29 is 0 Å². The molecule has 0 amide bonds. The van der Waals surface area contributed by atoms with Gasteiger partial charge in [-0.25, -0.2) is 4.98 Å². The molecular formula is C10H10ClN3. The minimum absolute atomic E-state index is 0.603. The van der Waals surface area contributed by atoms with Gasteiger partial charge in [-0.15, -0.1) is 0 Å². The van der Waals surface area contributed by atoms with E-state index in [1.807, 2.05) is 18.3 Å². The average molecular weight is 208 g/mol. The number of pyridine rings is 1. The quantitative estimate of drug-likeness (QED) is 0.795. The summed E-state index contributed by atoms with van der Waals surface area (Å²) in [6.45, 7) is 0. The van der Waals surface area contributed by atoms with Gasteiger partial charge < -0.3 is 10.3 Å². The van der Waals surface area contributed by atoms with Gasteiger partial charge in [0, 0.05) is 17.6 Å². The lowest BCUT2D eigenvalue weighted by Crippen LogP contribution is -2.02. The van der Waals surface area contributed by atoms with Gasteiger partial charge in [-0.1, -0.05) is 11.6 Å². The van der Waals surface area contributed by atoms with Crippen molar-refractivity contribution in [1.82, 2.24) is 9.97 Å². The van der Waals surface area contributed by atoms with Crippen molar-refractivity contribution in [3.63, 3.8) is 0 Å². The van der Waals surface area contributed by atoms with Gasteiger partial charge in [0.15, 0.2) is 0 Å². The number of hydrogen-bond donors (Lipinski definition) is 2. The molecule has 2 heterocycles. The van der Waals surface area contributed by atoms with E-state index < -0.39 is 0 Å². The average Bonchev–Trinajstić information content (AvgIpc) is 2.82. The third kappa shape index (κ3) is 1.34. The molecule has 0 aromatic carbocycles. The molecule has 1 saturated carbocycles. The summed E-state index contributed by atoms with van der Waals surface area (Å²) in [5.41, 5.74) is 0.848. The molecule has 0 spiro atoms. The molecule has 4 heteroatoms. The molecular weight excluding hydrogens is 198 g/mol. The predicted molar refractivity (Wildman–Crippen MR) is 57.7 cm³/mol. The zero-order valence-electron chi connectivity index (χ0n) is 7.55. The molecule has 3 rings (SSSR count). The highest BCUT2D eigenvalue weighted by atomic mass is 35.5. The van der Waals surface area contributed by atoms with Crippen LogP contribution in [0.3, 0.4) is 0 Å². The van der Waals surface area contributed by atoms with Crippen LogP contribution in [0.15, 0.2) is 18.3 Å². The molecule has 2 aromatic rings. The maximum atomic E-state index is 6.11. The Morgan fingerprint density at radius 3 is 3.14 bits per heavy atom. The Labute approximate surface area is 86.5 Å². The molecule has 14 heavy (non-hydrogen) atoms. The molecule has 2 aromatic heterocycles. The first-order valence-electron chi connectivity index (χ1n) is 4.73. The smallest absolute Gasteiger partial charge is 0.141 e. The van der Waals surface area contributed by atoms with E-state index in [2.05, 4.69) is 15.3 Å². The minimum Gasteiger partial charge on any atom is -0.367 e. The molecule has 0 radical (unpaired) electrons. The number of nitrogens with one attached hydrogen (secondary N) is 2. The summed E-state index contributed by atoms with van der Waals surface area (Å²) in [4.78, 5) is 7.48. The van der Waals surface area contributed by atoms with Gasteiger partial charge in [0.2, 0.25) is 0 Å². The van der Waals surface area contributed by atoms with Gasteiger partial charge in [0.05, 0.1) is 5.02 Å². The maximum Gasteiger partial charge on any atom is 0.141 e. The molecule has 1 fully saturated rings. The summed E-state index contributed by atoms with van der Waals surface area (Å²) >= 11 is 6.11. The molecule has 1 aliphatic carbocycles. The number of halogens is 1. The normalized spacial score (nSPS) is 16.1. The standard InChI is InChI=1S/C10H10ClN3/c11-8-5-9(13-6-1-2-6)14-10-7(8)3-4-12-10/h3-6H,1-2H2,(H2,12,13,14). The number of aromatic amines is 1. The van der Waals surface area contributed by atoms with Crippen LogP contribution < -0.4 is 5.32 Å². The molecule has 3 nitrogen and oxygen atoms in total. The molecule has 0 saturated heterocycles. The van der Waals surface area contributed by atoms with E-state index in [-0.39, 0.29) is 0 Å². The van der Waals surface area contributed by atoms with E-state index in [4.69, 9.17) is 11.6 Å². The molecule has 0 atom stereocenters. The Kier molecular flexibility index (Phi) is 1.67. The van der Waals surface area contributed by atoms with E-state index in [0.717, 1.165) is 21.9 Å². The van der Waals surface area contributed by atoms with Crippen molar-refractivity contribution in [1.29, 1.82) is 0 Å². The van der Waals surface area contributed by atoms with E-state index in [1.165, 1.54) is 12.8 Å². The molecule has 1 aliphatic rings. The number of aromatic nitrogens is 2. The minimum atomic E-state index is 0.603. The van der Waals surface area contributed by atoms with Gasteiger partial charge in [0.1, 0.15) is 11.5 Å². The van der Waals surface area contributed by atoms with Gasteiger partial charge in [-0.2, -0.15) is 0 Å². The summed E-state index contributed by atoms with van der Waals surface area (Å²) in [6.07, 6.45) is 4.33. The topological polar surface area (TPSA) is 40.7 Å². The van der Waals surface area contributed by atoms with Crippen LogP contribution in [0.5, 0.6) is 0 Å². The summed E-state index contributed by atoms with van der Waals surface area (Å²) in [5, 5.41) is 5.05. The lowest BCUT2D eigenvalue weighted by Gasteiger charge is -2.04. The lowest BCUT2D eigenvalue weighted by molar-refractivity contribution is 1.12. The van der Waals surface area contributed by atoms with Crippen molar-refractivity contribution in [3.05, 3.63) is 23.4 Å². The van der Waals surface area contributed by atoms with Crippen molar-refractivity contribution >= 4 is 28.5 Å². The number of nitrogens with zero attached hydrogens (tertiary/aromatic N) is 1. The fraction of sp³-hybridized carbons (Fsp3) is 0.300. The third-order valence-corrected chi connectivity index (χ3v) is 2.72. The molecule has 0 bridgehead atoms. The second kappa shape index (κ2) is 2.89. The van der Waals surface area contributed by atoms with Gasteiger partial charge in [-0.05, 0) is 25.0 Å². The summed E-state index contributed by atoms with van der Waals surface area (Å²) in [7, 11) is 0. The van der Waals surface area contributed by atoms with E-state index in [1.54, 1.807) is 0 Å². The molecule has 2 N–H and O–H groups in total. The van der Waals surface area contributed by atoms with E-state index >= 15 is 0 Å². The third-order valence-electron chi connectivity index (χ3n) is 2.41. The van der Waals surface area contributed by atoms with Crippen molar-refractivity contribution in [2.24, 2.45) is 0 Å². The maximum absolute atomic E-state index is 6.11. The van der Waals surface area contributed by atoms with Crippen LogP contribution in [-0.2, 0) is 0 Å². The highest BCUT2D eigenvalue weighted by Gasteiger charge is 2.21. The molecule has 72 valence electrons. The number of H-pyrrole nitrogens is 1. The summed E-state index contributed by atoms with van der Waals surface area (Å²) < 4.78 is 0. The second-order valence-electron chi connectivity index (χ2n) is 3.65. The van der Waals surface area contributed by atoms with Crippen LogP contribution in [0.25, 0.3) is 11.0 Å². The van der Waals surface area contributed by atoms with Crippen molar-refractivity contribution in [2.45, 2.75) is 18.9 Å². The Morgan fingerprint density at radius 1 is 1.50 bits per heavy atom. The largest absolute Gasteiger partial charge is 0.367 e. The first-order chi connectivity index (χ1) is 6.83. The number of fused-ring (bicyclic) bond motifs is 1. The van der Waals surface area contributed by atoms with Crippen molar-refractivity contribution in [2.75, 3.05) is 5.32 Å². The number of rotatable bonds is 2. The Bertz CT molecular complexity index is 473. The van der Waals surface area contributed by atoms with Crippen LogP contribution in [0.1, 0.15) is 12.8 Å². The Balaban J connectivity index is 2.06. The Morgan fingerprint density at radius 2 is 2.36 bits per heavy atom.